The van der Waals surface area contributed by atoms with Crippen LogP contribution in [0.1, 0.15) is 19.5 Å². The summed E-state index contributed by atoms with van der Waals surface area (Å²) in [5, 5.41) is 7.94. The van der Waals surface area contributed by atoms with Crippen LogP contribution in [0.4, 0.5) is 0 Å². The molecule has 1 aromatic rings. The molecule has 2 rings (SSSR count). The maximum Gasteiger partial charge on any atom is 0.0764 e. The van der Waals surface area contributed by atoms with Crippen LogP contribution in [0.3, 0.4) is 0 Å². The number of aromatic nitrogens is 2. The zero-order valence-electron chi connectivity index (χ0n) is 9.77. The molecule has 2 atom stereocenters. The summed E-state index contributed by atoms with van der Waals surface area (Å²) in [4.78, 5) is 2.47. The maximum absolute atomic E-state index is 4.41. The fraction of sp³-hybridized carbons (Fsp3) is 0.727. The molecule has 0 radical (unpaired) electrons. The Morgan fingerprint density at radius 1 is 1.40 bits per heavy atom. The minimum Gasteiger partial charge on any atom is -0.309 e. The molecule has 2 heterocycles. The number of nitrogens with zero attached hydrogens (tertiary/aromatic N) is 3. The van der Waals surface area contributed by atoms with Gasteiger partial charge in [-0.15, -0.1) is 0 Å². The van der Waals surface area contributed by atoms with E-state index in [1.54, 1.807) is 0 Å². The van der Waals surface area contributed by atoms with Gasteiger partial charge in [-0.3, -0.25) is 9.58 Å². The summed E-state index contributed by atoms with van der Waals surface area (Å²) in [5.41, 5.74) is 1.17. The Morgan fingerprint density at radius 2 is 2.07 bits per heavy atom. The molecule has 2 unspecified atom stereocenters. The number of aryl methyl sites for hydroxylation is 1. The fourth-order valence-corrected chi connectivity index (χ4v) is 2.35. The van der Waals surface area contributed by atoms with E-state index in [1.165, 1.54) is 5.69 Å². The Bertz CT molecular complexity index is 310. The van der Waals surface area contributed by atoms with Crippen molar-refractivity contribution in [3.05, 3.63) is 18.0 Å². The van der Waals surface area contributed by atoms with Crippen molar-refractivity contribution in [2.45, 2.75) is 32.5 Å². The lowest BCUT2D eigenvalue weighted by molar-refractivity contribution is 0.164. The van der Waals surface area contributed by atoms with Crippen LogP contribution < -0.4 is 5.32 Å². The van der Waals surface area contributed by atoms with Gasteiger partial charge in [0.25, 0.3) is 0 Å². The third kappa shape index (κ3) is 2.79. The van der Waals surface area contributed by atoms with Crippen LogP contribution in [0, 0.1) is 0 Å². The van der Waals surface area contributed by atoms with E-state index in [1.807, 2.05) is 17.9 Å². The average Bonchev–Trinajstić information content (AvgIpc) is 2.49. The van der Waals surface area contributed by atoms with Gasteiger partial charge in [0.1, 0.15) is 0 Å². The van der Waals surface area contributed by atoms with Crippen LogP contribution in [0.5, 0.6) is 0 Å². The topological polar surface area (TPSA) is 33.1 Å². The molecule has 0 amide bonds. The Kier molecular flexibility index (Phi) is 3.07. The first-order valence-electron chi connectivity index (χ1n) is 5.60. The zero-order chi connectivity index (χ0) is 10.8. The first-order valence-corrected chi connectivity index (χ1v) is 5.60. The van der Waals surface area contributed by atoms with Crippen molar-refractivity contribution >= 4 is 0 Å². The molecule has 1 aromatic heterocycles. The molecule has 1 aliphatic heterocycles. The lowest BCUT2D eigenvalue weighted by Gasteiger charge is -2.35. The minimum atomic E-state index is 0.581. The van der Waals surface area contributed by atoms with Gasteiger partial charge >= 0.3 is 0 Å². The lowest BCUT2D eigenvalue weighted by atomic mass is 10.1. The van der Waals surface area contributed by atoms with Gasteiger partial charge in [-0.2, -0.15) is 5.10 Å². The Hall–Kier alpha value is -0.870. The second-order valence-electron chi connectivity index (χ2n) is 4.64. The van der Waals surface area contributed by atoms with Crippen LogP contribution in [0.25, 0.3) is 0 Å². The average molecular weight is 208 g/mol. The number of hydrogen-bond acceptors (Lipinski definition) is 3. The Balaban J connectivity index is 1.94. The van der Waals surface area contributed by atoms with Crippen LogP contribution in [-0.4, -0.2) is 39.9 Å². The molecule has 84 valence electrons. The van der Waals surface area contributed by atoms with Crippen molar-refractivity contribution in [3.8, 4) is 0 Å². The molecule has 0 bridgehead atoms. The molecule has 4 nitrogen and oxygen atoms in total. The number of hydrogen-bond donors (Lipinski definition) is 1. The van der Waals surface area contributed by atoms with Crippen LogP contribution in [0.2, 0.25) is 0 Å². The zero-order valence-corrected chi connectivity index (χ0v) is 9.77. The van der Waals surface area contributed by atoms with E-state index < -0.39 is 0 Å². The SMILES string of the molecule is CC1CN(Cc2ccn(C)n2)CC(C)N1. The molecule has 1 saturated heterocycles. The molecular formula is C11H20N4. The molecule has 0 aliphatic carbocycles. The van der Waals surface area contributed by atoms with Gasteiger partial charge in [0.15, 0.2) is 0 Å². The third-order valence-electron chi connectivity index (χ3n) is 2.79. The first-order chi connectivity index (χ1) is 7.13. The fourth-order valence-electron chi connectivity index (χ4n) is 2.35. The summed E-state index contributed by atoms with van der Waals surface area (Å²) < 4.78 is 1.87. The van der Waals surface area contributed by atoms with Gasteiger partial charge in [-0.25, -0.2) is 0 Å². The summed E-state index contributed by atoms with van der Waals surface area (Å²) in [7, 11) is 1.96. The Labute approximate surface area is 91.3 Å². The normalized spacial score (nSPS) is 28.2. The van der Waals surface area contributed by atoms with Gasteiger partial charge in [-0.1, -0.05) is 0 Å². The maximum atomic E-state index is 4.41. The summed E-state index contributed by atoms with van der Waals surface area (Å²) in [5.74, 6) is 0. The number of rotatable bonds is 2. The van der Waals surface area contributed by atoms with E-state index in [-0.39, 0.29) is 0 Å². The molecule has 1 fully saturated rings. The highest BCUT2D eigenvalue weighted by molar-refractivity contribution is 4.99. The molecule has 0 spiro atoms. The minimum absolute atomic E-state index is 0.581. The molecule has 0 aromatic carbocycles. The van der Waals surface area contributed by atoms with E-state index in [9.17, 15) is 0 Å². The van der Waals surface area contributed by atoms with Crippen LogP contribution in [-0.2, 0) is 13.6 Å². The van der Waals surface area contributed by atoms with Crippen molar-refractivity contribution in [2.24, 2.45) is 7.05 Å². The second-order valence-corrected chi connectivity index (χ2v) is 4.64. The predicted molar refractivity (Wildman–Crippen MR) is 60.5 cm³/mol. The standard InChI is InChI=1S/C11H20N4/c1-9-6-15(7-10(2)12-9)8-11-4-5-14(3)13-11/h4-5,9-10,12H,6-8H2,1-3H3. The molecule has 15 heavy (non-hydrogen) atoms. The quantitative estimate of drug-likeness (QED) is 0.772. The van der Waals surface area contributed by atoms with Crippen molar-refractivity contribution in [1.82, 2.24) is 20.0 Å². The lowest BCUT2D eigenvalue weighted by Crippen LogP contribution is -2.53. The number of nitrogens with one attached hydrogen (secondary N) is 1. The first kappa shape index (κ1) is 10.6. The summed E-state index contributed by atoms with van der Waals surface area (Å²) in [6, 6.07) is 3.26. The largest absolute Gasteiger partial charge is 0.309 e. The van der Waals surface area contributed by atoms with E-state index in [4.69, 9.17) is 0 Å². The smallest absolute Gasteiger partial charge is 0.0764 e. The van der Waals surface area contributed by atoms with Crippen molar-refractivity contribution < 1.29 is 0 Å². The third-order valence-corrected chi connectivity index (χ3v) is 2.79. The van der Waals surface area contributed by atoms with E-state index >= 15 is 0 Å². The van der Waals surface area contributed by atoms with Crippen LogP contribution >= 0.6 is 0 Å². The highest BCUT2D eigenvalue weighted by atomic mass is 15.3. The van der Waals surface area contributed by atoms with Gasteiger partial charge in [0.05, 0.1) is 5.69 Å². The summed E-state index contributed by atoms with van der Waals surface area (Å²) in [6.07, 6.45) is 2.00. The highest BCUT2D eigenvalue weighted by Crippen LogP contribution is 2.08. The van der Waals surface area contributed by atoms with Gasteiger partial charge in [-0.05, 0) is 19.9 Å². The predicted octanol–water partition coefficient (Wildman–Crippen LogP) is 0.602. The van der Waals surface area contributed by atoms with Crippen molar-refractivity contribution in [2.75, 3.05) is 13.1 Å². The van der Waals surface area contributed by atoms with Gasteiger partial charge in [0.2, 0.25) is 0 Å². The summed E-state index contributed by atoms with van der Waals surface area (Å²) >= 11 is 0. The molecule has 4 heteroatoms. The van der Waals surface area contributed by atoms with Crippen molar-refractivity contribution in [3.63, 3.8) is 0 Å². The van der Waals surface area contributed by atoms with E-state index in [0.717, 1.165) is 19.6 Å². The van der Waals surface area contributed by atoms with Crippen molar-refractivity contribution in [1.29, 1.82) is 0 Å². The molecular weight excluding hydrogens is 188 g/mol. The molecule has 1 N–H and O–H groups in total. The van der Waals surface area contributed by atoms with E-state index in [0.29, 0.717) is 12.1 Å². The Morgan fingerprint density at radius 3 is 2.60 bits per heavy atom. The highest BCUT2D eigenvalue weighted by Gasteiger charge is 2.21. The summed E-state index contributed by atoms with van der Waals surface area (Å²) in [6.45, 7) is 7.67. The molecule has 1 aliphatic rings. The second kappa shape index (κ2) is 4.33. The number of piperazine rings is 1. The van der Waals surface area contributed by atoms with Gasteiger partial charge < -0.3 is 5.32 Å². The molecule has 0 saturated carbocycles. The van der Waals surface area contributed by atoms with E-state index in [2.05, 4.69) is 35.2 Å². The van der Waals surface area contributed by atoms with Crippen LogP contribution in [0.15, 0.2) is 12.3 Å². The monoisotopic (exact) mass is 208 g/mol. The van der Waals surface area contributed by atoms with Gasteiger partial charge in [0, 0.05) is 45.0 Å².